The lowest BCUT2D eigenvalue weighted by Crippen LogP contribution is -2.34. The molecule has 0 aromatic heterocycles. The van der Waals surface area contributed by atoms with E-state index in [9.17, 15) is 9.59 Å². The highest BCUT2D eigenvalue weighted by atomic mass is 127. The van der Waals surface area contributed by atoms with E-state index in [0.717, 1.165) is 0 Å². The maximum absolute atomic E-state index is 11.6. The van der Waals surface area contributed by atoms with Gasteiger partial charge in [0.15, 0.2) is 8.32 Å². The van der Waals surface area contributed by atoms with Gasteiger partial charge in [-0.2, -0.15) is 0 Å². The van der Waals surface area contributed by atoms with Crippen molar-refractivity contribution in [1.82, 2.24) is 5.32 Å². The summed E-state index contributed by atoms with van der Waals surface area (Å²) in [5.41, 5.74) is 0. The van der Waals surface area contributed by atoms with Crippen LogP contribution in [0.25, 0.3) is 0 Å². The molecule has 0 amide bonds. The van der Waals surface area contributed by atoms with E-state index < -0.39 is 26.3 Å². The smallest absolute Gasteiger partial charge is 0.330 e. The largest absolute Gasteiger partial charge is 0.413 e. The van der Waals surface area contributed by atoms with Crippen LogP contribution in [-0.4, -0.2) is 43.4 Å². The van der Waals surface area contributed by atoms with Gasteiger partial charge in [0.2, 0.25) is 0 Å². The molecule has 98 valence electrons. The molecule has 1 rings (SSSR count). The molecular formula is C10H18INO4Si. The minimum absolute atomic E-state index is 0.0499. The van der Waals surface area contributed by atoms with Gasteiger partial charge in [-0.15, -0.1) is 0 Å². The summed E-state index contributed by atoms with van der Waals surface area (Å²) < 4.78 is 10.7. The maximum atomic E-state index is 11.6. The van der Waals surface area contributed by atoms with Gasteiger partial charge >= 0.3 is 11.9 Å². The second-order valence-electron chi connectivity index (χ2n) is 4.98. The van der Waals surface area contributed by atoms with E-state index in [1.54, 1.807) is 0 Å². The summed E-state index contributed by atoms with van der Waals surface area (Å²) in [4.78, 5) is 22.6. The maximum Gasteiger partial charge on any atom is 0.330 e. The Balaban J connectivity index is 2.39. The van der Waals surface area contributed by atoms with Gasteiger partial charge in [-0.05, 0) is 26.1 Å². The topological polar surface area (TPSA) is 64.6 Å². The number of halogens is 1. The third-order valence-electron chi connectivity index (χ3n) is 2.22. The molecule has 17 heavy (non-hydrogen) atoms. The Bertz CT molecular complexity index is 305. The molecule has 0 spiro atoms. The average molecular weight is 371 g/mol. The zero-order valence-electron chi connectivity index (χ0n) is 10.3. The highest BCUT2D eigenvalue weighted by molar-refractivity contribution is 14.1. The van der Waals surface area contributed by atoms with E-state index in [2.05, 4.69) is 29.7 Å². The SMILES string of the molecule is C[Si](C)(C)OC1CNC(C(=O)OC(=O)CI)C1. The normalized spacial score (nSPS) is 24.7. The molecule has 2 unspecified atom stereocenters. The van der Waals surface area contributed by atoms with E-state index in [1.807, 2.05) is 22.6 Å². The lowest BCUT2D eigenvalue weighted by molar-refractivity contribution is -0.158. The molecule has 5 nitrogen and oxygen atoms in total. The summed E-state index contributed by atoms with van der Waals surface area (Å²) in [6.07, 6.45) is 0.631. The summed E-state index contributed by atoms with van der Waals surface area (Å²) in [7, 11) is -1.59. The van der Waals surface area contributed by atoms with Crippen LogP contribution in [0, 0.1) is 0 Å². The van der Waals surface area contributed by atoms with Gasteiger partial charge < -0.3 is 14.5 Å². The predicted octanol–water partition coefficient (Wildman–Crippen LogP) is 1.07. The van der Waals surface area contributed by atoms with E-state index >= 15 is 0 Å². The first-order valence-electron chi connectivity index (χ1n) is 5.53. The van der Waals surface area contributed by atoms with Gasteiger partial charge in [0.25, 0.3) is 0 Å². The molecule has 1 fully saturated rings. The molecule has 0 saturated carbocycles. The fourth-order valence-electron chi connectivity index (χ4n) is 1.68. The van der Waals surface area contributed by atoms with Crippen molar-refractivity contribution < 1.29 is 18.8 Å². The Kier molecular flexibility index (Phi) is 5.54. The van der Waals surface area contributed by atoms with Crippen LogP contribution in [-0.2, 0) is 18.8 Å². The summed E-state index contributed by atoms with van der Waals surface area (Å²) in [5, 5.41) is 3.03. The first-order chi connectivity index (χ1) is 7.81. The van der Waals surface area contributed by atoms with Crippen molar-refractivity contribution in [3.05, 3.63) is 0 Å². The average Bonchev–Trinajstić information content (AvgIpc) is 2.63. The van der Waals surface area contributed by atoms with Gasteiger partial charge in [-0.25, -0.2) is 4.79 Å². The monoisotopic (exact) mass is 371 g/mol. The number of rotatable bonds is 4. The molecule has 0 radical (unpaired) electrons. The van der Waals surface area contributed by atoms with Crippen molar-refractivity contribution >= 4 is 42.8 Å². The molecule has 0 aromatic rings. The second kappa shape index (κ2) is 6.25. The number of nitrogens with one attached hydrogen (secondary N) is 1. The van der Waals surface area contributed by atoms with Gasteiger partial charge in [-0.1, -0.05) is 22.6 Å². The van der Waals surface area contributed by atoms with Gasteiger partial charge in [0, 0.05) is 6.54 Å². The molecule has 7 heteroatoms. The van der Waals surface area contributed by atoms with Crippen molar-refractivity contribution in [2.45, 2.75) is 38.2 Å². The summed E-state index contributed by atoms with van der Waals surface area (Å²) >= 11 is 1.87. The number of hydrogen-bond acceptors (Lipinski definition) is 5. The molecule has 1 heterocycles. The van der Waals surface area contributed by atoms with Crippen LogP contribution in [0.2, 0.25) is 19.6 Å². The quantitative estimate of drug-likeness (QED) is 0.263. The molecular weight excluding hydrogens is 353 g/mol. The minimum Gasteiger partial charge on any atom is -0.413 e. The minimum atomic E-state index is -1.59. The van der Waals surface area contributed by atoms with Crippen LogP contribution in [0.15, 0.2) is 0 Å². The van der Waals surface area contributed by atoms with E-state index in [1.165, 1.54) is 0 Å². The van der Waals surface area contributed by atoms with Crippen molar-refractivity contribution in [3.63, 3.8) is 0 Å². The van der Waals surface area contributed by atoms with Crippen molar-refractivity contribution in [3.8, 4) is 0 Å². The lowest BCUT2D eigenvalue weighted by Gasteiger charge is -2.22. The molecule has 1 N–H and O–H groups in total. The number of esters is 2. The van der Waals surface area contributed by atoms with Crippen molar-refractivity contribution in [2.75, 3.05) is 11.0 Å². The van der Waals surface area contributed by atoms with Gasteiger partial charge in [-0.3, -0.25) is 4.79 Å². The number of hydrogen-bond donors (Lipinski definition) is 1. The van der Waals surface area contributed by atoms with E-state index in [4.69, 9.17) is 4.43 Å². The predicted molar refractivity (Wildman–Crippen MR) is 74.6 cm³/mol. The highest BCUT2D eigenvalue weighted by Gasteiger charge is 2.34. The summed E-state index contributed by atoms with van der Waals surface area (Å²) in [5.74, 6) is -0.986. The molecule has 0 aromatic carbocycles. The zero-order valence-corrected chi connectivity index (χ0v) is 13.4. The summed E-state index contributed by atoms with van der Waals surface area (Å²) in [6.45, 7) is 6.97. The second-order valence-corrected chi connectivity index (χ2v) is 10.2. The fraction of sp³-hybridized carbons (Fsp3) is 0.800. The number of ether oxygens (including phenoxy) is 1. The Morgan fingerprint density at radius 3 is 2.59 bits per heavy atom. The fourth-order valence-corrected chi connectivity index (χ4v) is 3.02. The molecule has 0 bridgehead atoms. The van der Waals surface area contributed by atoms with Crippen LogP contribution in [0.1, 0.15) is 6.42 Å². The van der Waals surface area contributed by atoms with Crippen LogP contribution < -0.4 is 5.32 Å². The van der Waals surface area contributed by atoms with E-state index in [-0.39, 0.29) is 10.5 Å². The molecule has 2 atom stereocenters. The number of alkyl halides is 1. The van der Waals surface area contributed by atoms with Gasteiger partial charge in [0.05, 0.1) is 10.5 Å². The van der Waals surface area contributed by atoms with Crippen molar-refractivity contribution in [2.24, 2.45) is 0 Å². The molecule has 1 aliphatic rings. The highest BCUT2D eigenvalue weighted by Crippen LogP contribution is 2.17. The molecule has 1 aliphatic heterocycles. The number of carbonyl (C=O) groups is 2. The third kappa shape index (κ3) is 5.45. The first-order valence-corrected chi connectivity index (χ1v) is 10.5. The Morgan fingerprint density at radius 1 is 1.41 bits per heavy atom. The van der Waals surface area contributed by atoms with Crippen LogP contribution in [0.4, 0.5) is 0 Å². The number of carbonyl (C=O) groups excluding carboxylic acids is 2. The standard InChI is InChI=1S/C10H18INO4Si/c1-17(2,3)16-7-4-8(12-6-7)10(14)15-9(13)5-11/h7-8,12H,4-6H2,1-3H3. The zero-order chi connectivity index (χ0) is 13.1. The first kappa shape index (κ1) is 15.1. The van der Waals surface area contributed by atoms with Gasteiger partial charge in [0.1, 0.15) is 6.04 Å². The van der Waals surface area contributed by atoms with Crippen LogP contribution >= 0.6 is 22.6 Å². The van der Waals surface area contributed by atoms with Crippen LogP contribution in [0.3, 0.4) is 0 Å². The Labute approximate surface area is 116 Å². The lowest BCUT2D eigenvalue weighted by atomic mass is 10.2. The Hall–Kier alpha value is 0.00688. The third-order valence-corrected chi connectivity index (χ3v) is 3.88. The molecule has 1 saturated heterocycles. The van der Waals surface area contributed by atoms with Crippen molar-refractivity contribution in [1.29, 1.82) is 0 Å². The molecule has 0 aliphatic carbocycles. The Morgan fingerprint density at radius 2 is 2.06 bits per heavy atom. The van der Waals surface area contributed by atoms with E-state index in [0.29, 0.717) is 13.0 Å². The van der Waals surface area contributed by atoms with Crippen LogP contribution in [0.5, 0.6) is 0 Å². The summed E-state index contributed by atoms with van der Waals surface area (Å²) in [6, 6.07) is -0.414.